The Balaban J connectivity index is 1.60. The Morgan fingerprint density at radius 2 is 1.43 bits per heavy atom. The number of allylic oxidation sites excluding steroid dienone is 10. The first kappa shape index (κ1) is 48.6. The normalized spacial score (nSPS) is 19.0. The summed E-state index contributed by atoms with van der Waals surface area (Å²) in [6, 6.07) is 8.29. The van der Waals surface area contributed by atoms with Gasteiger partial charge in [-0.1, -0.05) is 68.8 Å². The third-order valence-electron chi connectivity index (χ3n) is 12.9. The molecule has 2 aromatic rings. The molecule has 11 nitrogen and oxygen atoms in total. The van der Waals surface area contributed by atoms with Crippen LogP contribution in [0.2, 0.25) is 0 Å². The number of nitrogens with one attached hydrogen (secondary N) is 1. The van der Waals surface area contributed by atoms with Gasteiger partial charge in [0, 0.05) is 51.6 Å². The predicted molar refractivity (Wildman–Crippen MR) is 251 cm³/mol. The maximum Gasteiger partial charge on any atom is 0.283 e. The first-order valence-corrected chi connectivity index (χ1v) is 25.2. The van der Waals surface area contributed by atoms with E-state index in [-0.39, 0.29) is 22.3 Å². The van der Waals surface area contributed by atoms with Crippen molar-refractivity contribution in [1.29, 1.82) is 0 Å². The van der Waals surface area contributed by atoms with E-state index in [0.29, 0.717) is 55.4 Å². The number of fused-ring (bicyclic) bond motifs is 2. The van der Waals surface area contributed by atoms with Crippen molar-refractivity contribution in [1.82, 2.24) is 5.48 Å². The SMILES string of the molecule is CCNOS(=O)(=O)CCCN1/C(=C\C=C2/CCCC(/C=C/C3=C(CCCS(=O)O)c4cc(OC)c(OC)cc4C3(CC)CC)=C2Br)C(CC)(CC)c2cc(OC)c(OC)cc21. The molecule has 61 heavy (non-hydrogen) atoms. The van der Waals surface area contributed by atoms with E-state index in [1.165, 1.54) is 27.9 Å². The second-order valence-electron chi connectivity index (χ2n) is 15.7. The van der Waals surface area contributed by atoms with Gasteiger partial charge in [0.05, 0.1) is 34.2 Å². The number of hydrogen-bond acceptors (Lipinski definition) is 10. The largest absolute Gasteiger partial charge is 0.493 e. The second kappa shape index (κ2) is 21.3. The molecule has 1 heterocycles. The van der Waals surface area contributed by atoms with Gasteiger partial charge >= 0.3 is 0 Å². The standard InChI is InChI=1S/C47H65BrN2O9S2/c1-10-46(11-2)36(34(20-16-26-60(51)52)35-28-40(55-6)41(56-7)29-37(35)46)23-21-32-18-15-19-33(45(32)48)22-24-44-47(12-3,13-4)38-30-42(57-8)43(58-9)31-39(38)50(44)25-17-27-61(53,54)59-49-14-5/h21-24,28-31,49H,10-20,25-27H2,1-9H3,(H,51,52)/b23-21+,33-22+,44-24-. The van der Waals surface area contributed by atoms with E-state index in [1.807, 2.05) is 6.07 Å². The van der Waals surface area contributed by atoms with Gasteiger partial charge in [0.1, 0.15) is 0 Å². The van der Waals surface area contributed by atoms with Crippen LogP contribution in [0.4, 0.5) is 5.69 Å². The lowest BCUT2D eigenvalue weighted by Crippen LogP contribution is -2.32. The Hall–Kier alpha value is -3.40. The molecule has 2 aromatic carbocycles. The first-order chi connectivity index (χ1) is 29.3. The molecule has 0 saturated heterocycles. The van der Waals surface area contributed by atoms with E-state index in [4.69, 9.17) is 23.2 Å². The highest BCUT2D eigenvalue weighted by Gasteiger charge is 2.46. The van der Waals surface area contributed by atoms with Crippen molar-refractivity contribution in [3.05, 3.63) is 92.2 Å². The van der Waals surface area contributed by atoms with Crippen LogP contribution in [0.5, 0.6) is 23.0 Å². The van der Waals surface area contributed by atoms with Crippen molar-refractivity contribution in [3.8, 4) is 23.0 Å². The number of methoxy groups -OCH3 is 4. The van der Waals surface area contributed by atoms with E-state index in [0.717, 1.165) is 71.9 Å². The third-order valence-corrected chi connectivity index (χ3v) is 15.7. The smallest absolute Gasteiger partial charge is 0.283 e. The van der Waals surface area contributed by atoms with Gasteiger partial charge in [0.25, 0.3) is 10.1 Å². The van der Waals surface area contributed by atoms with Gasteiger partial charge in [-0.25, -0.2) is 4.21 Å². The zero-order valence-electron chi connectivity index (χ0n) is 37.4. The van der Waals surface area contributed by atoms with Gasteiger partial charge in [0.15, 0.2) is 34.1 Å². The molecular formula is C47H65BrN2O9S2. The molecule has 0 radical (unpaired) electrons. The number of hydroxylamine groups is 1. The summed E-state index contributed by atoms with van der Waals surface area (Å²) in [6.45, 7) is 11.5. The monoisotopic (exact) mass is 944 g/mol. The number of halogens is 1. The summed E-state index contributed by atoms with van der Waals surface area (Å²) in [5.74, 6) is 2.70. The van der Waals surface area contributed by atoms with E-state index in [9.17, 15) is 17.2 Å². The molecule has 336 valence electrons. The Morgan fingerprint density at radius 3 is 2.02 bits per heavy atom. The molecule has 1 atom stereocenters. The minimum absolute atomic E-state index is 0.134. The number of ether oxygens (including phenoxy) is 4. The number of rotatable bonds is 22. The van der Waals surface area contributed by atoms with Crippen LogP contribution >= 0.6 is 15.9 Å². The van der Waals surface area contributed by atoms with Gasteiger partial charge in [-0.3, -0.25) is 0 Å². The highest BCUT2D eigenvalue weighted by Crippen LogP contribution is 2.57. The van der Waals surface area contributed by atoms with Crippen molar-refractivity contribution >= 4 is 48.4 Å². The van der Waals surface area contributed by atoms with E-state index in [2.05, 4.69) is 96.5 Å². The lowest BCUT2D eigenvalue weighted by molar-refractivity contribution is 0.210. The molecule has 0 saturated carbocycles. The number of hydrogen-bond donors (Lipinski definition) is 2. The maximum atomic E-state index is 12.7. The molecule has 3 aliphatic rings. The van der Waals surface area contributed by atoms with Crippen LogP contribution in [0.1, 0.15) is 116 Å². The van der Waals surface area contributed by atoms with Crippen LogP contribution < -0.4 is 29.3 Å². The highest BCUT2D eigenvalue weighted by molar-refractivity contribution is 9.12. The molecule has 0 spiro atoms. The molecule has 0 amide bonds. The van der Waals surface area contributed by atoms with Crippen LogP contribution in [0.25, 0.3) is 5.57 Å². The van der Waals surface area contributed by atoms with Crippen molar-refractivity contribution in [2.45, 2.75) is 110 Å². The summed E-state index contributed by atoms with van der Waals surface area (Å²) in [4.78, 5) is 2.25. The van der Waals surface area contributed by atoms with Gasteiger partial charge < -0.3 is 28.4 Å². The lowest BCUT2D eigenvalue weighted by atomic mass is 9.72. The van der Waals surface area contributed by atoms with E-state index in [1.54, 1.807) is 35.4 Å². The summed E-state index contributed by atoms with van der Waals surface area (Å²) in [7, 11) is 2.83. The lowest BCUT2D eigenvalue weighted by Gasteiger charge is -2.32. The van der Waals surface area contributed by atoms with Crippen molar-refractivity contribution in [2.75, 3.05) is 57.9 Å². The summed E-state index contributed by atoms with van der Waals surface area (Å²) in [6.07, 6.45) is 16.8. The predicted octanol–water partition coefficient (Wildman–Crippen LogP) is 10.6. The molecule has 5 rings (SSSR count). The van der Waals surface area contributed by atoms with Crippen LogP contribution in [-0.4, -0.2) is 70.2 Å². The fourth-order valence-corrected chi connectivity index (χ4v) is 11.6. The van der Waals surface area contributed by atoms with E-state index < -0.39 is 21.2 Å². The van der Waals surface area contributed by atoms with Crippen LogP contribution in [-0.2, 0) is 36.3 Å². The fourth-order valence-electron chi connectivity index (χ4n) is 9.66. The number of benzene rings is 2. The molecule has 2 aliphatic carbocycles. The second-order valence-corrected chi connectivity index (χ2v) is 19.2. The van der Waals surface area contributed by atoms with Gasteiger partial charge in [-0.05, 0) is 127 Å². The zero-order valence-corrected chi connectivity index (χ0v) is 40.6. The molecule has 0 fully saturated rings. The first-order valence-electron chi connectivity index (χ1n) is 21.5. The zero-order chi connectivity index (χ0) is 44.5. The number of anilines is 1. The molecule has 2 N–H and O–H groups in total. The summed E-state index contributed by atoms with van der Waals surface area (Å²) >= 11 is 2.18. The minimum Gasteiger partial charge on any atom is -0.493 e. The number of nitrogens with zero attached hydrogens (tertiary/aromatic N) is 1. The Morgan fingerprint density at radius 1 is 0.820 bits per heavy atom. The van der Waals surface area contributed by atoms with Crippen LogP contribution in [0, 0.1) is 0 Å². The van der Waals surface area contributed by atoms with Crippen molar-refractivity contribution in [3.63, 3.8) is 0 Å². The van der Waals surface area contributed by atoms with Crippen LogP contribution in [0.3, 0.4) is 0 Å². The van der Waals surface area contributed by atoms with Gasteiger partial charge in [-0.2, -0.15) is 18.2 Å². The molecule has 0 bridgehead atoms. The molecule has 1 aliphatic heterocycles. The van der Waals surface area contributed by atoms with Gasteiger partial charge in [0.2, 0.25) is 0 Å². The quantitative estimate of drug-likeness (QED) is 0.0863. The van der Waals surface area contributed by atoms with Crippen molar-refractivity contribution in [2.24, 2.45) is 0 Å². The third kappa shape index (κ3) is 9.89. The average Bonchev–Trinajstić information content (AvgIpc) is 3.67. The fraction of sp³-hybridized carbons (Fsp3) is 0.532. The molecule has 0 aromatic heterocycles. The summed E-state index contributed by atoms with van der Waals surface area (Å²) in [5.41, 5.74) is 12.2. The summed E-state index contributed by atoms with van der Waals surface area (Å²) < 4.78 is 76.0. The topological polar surface area (TPSA) is 133 Å². The van der Waals surface area contributed by atoms with Gasteiger partial charge in [-0.15, -0.1) is 0 Å². The van der Waals surface area contributed by atoms with Crippen molar-refractivity contribution < 1.29 is 40.4 Å². The average molecular weight is 946 g/mol. The van der Waals surface area contributed by atoms with E-state index >= 15 is 0 Å². The van der Waals surface area contributed by atoms with Crippen LogP contribution in [0.15, 0.2) is 75.5 Å². The molecule has 1 unspecified atom stereocenters. The molecule has 14 heteroatoms. The minimum atomic E-state index is -3.76. The Bertz CT molecular complexity index is 2200. The maximum absolute atomic E-state index is 12.7. The highest BCUT2D eigenvalue weighted by atomic mass is 79.9. The Labute approximate surface area is 375 Å². The molecular weight excluding hydrogens is 881 g/mol. The summed E-state index contributed by atoms with van der Waals surface area (Å²) in [5, 5.41) is 0. The Kier molecular flexibility index (Phi) is 17.0.